The zero-order valence-electron chi connectivity index (χ0n) is 9.78. The third-order valence-corrected chi connectivity index (χ3v) is 5.58. The monoisotopic (exact) mass is 247 g/mol. The predicted molar refractivity (Wildman–Crippen MR) is 63.1 cm³/mol. The molecule has 2 rings (SSSR count). The van der Waals surface area contributed by atoms with Crippen molar-refractivity contribution in [3.63, 3.8) is 0 Å². The molecule has 0 spiro atoms. The van der Waals surface area contributed by atoms with E-state index in [0.29, 0.717) is 6.54 Å². The van der Waals surface area contributed by atoms with E-state index in [-0.39, 0.29) is 11.6 Å². The van der Waals surface area contributed by atoms with Crippen LogP contribution in [0.4, 0.5) is 0 Å². The van der Waals surface area contributed by atoms with E-state index < -0.39 is 10.2 Å². The Balaban J connectivity index is 2.11. The lowest BCUT2D eigenvalue weighted by molar-refractivity contribution is 0.228. The van der Waals surface area contributed by atoms with Crippen LogP contribution in [0.25, 0.3) is 0 Å². The van der Waals surface area contributed by atoms with E-state index in [1.54, 1.807) is 7.05 Å². The molecule has 16 heavy (non-hydrogen) atoms. The number of likely N-dealkylation sites (N-methyl/N-ethyl adjacent to an activating group) is 1. The van der Waals surface area contributed by atoms with Crippen molar-refractivity contribution >= 4 is 10.2 Å². The third-order valence-electron chi connectivity index (χ3n) is 3.84. The molecule has 0 aliphatic heterocycles. The molecule has 0 amide bonds. The van der Waals surface area contributed by atoms with Gasteiger partial charge in [0.05, 0.1) is 0 Å². The Morgan fingerprint density at radius 1 is 1.38 bits per heavy atom. The molecule has 0 aromatic heterocycles. The minimum Gasteiger partial charge on any atom is -0.329 e. The molecular formula is C10H21N3O2S. The van der Waals surface area contributed by atoms with Gasteiger partial charge in [-0.2, -0.15) is 17.4 Å². The van der Waals surface area contributed by atoms with E-state index in [0.717, 1.165) is 38.5 Å². The summed E-state index contributed by atoms with van der Waals surface area (Å²) in [6.45, 7) is 0.412. The lowest BCUT2D eigenvalue weighted by atomic mass is 9.98. The van der Waals surface area contributed by atoms with Gasteiger partial charge in [0.1, 0.15) is 0 Å². The van der Waals surface area contributed by atoms with E-state index in [1.165, 1.54) is 4.31 Å². The molecule has 0 radical (unpaired) electrons. The van der Waals surface area contributed by atoms with Crippen LogP contribution in [0.5, 0.6) is 0 Å². The minimum absolute atomic E-state index is 0.156. The molecule has 0 aromatic carbocycles. The number of nitrogens with one attached hydrogen (secondary N) is 1. The SMILES string of the molecule is CN(C1(CN)CCCC1)S(=O)(=O)NC1CC1. The molecule has 2 aliphatic carbocycles. The maximum absolute atomic E-state index is 12.1. The Labute approximate surface area is 97.6 Å². The van der Waals surface area contributed by atoms with Crippen molar-refractivity contribution in [2.45, 2.75) is 50.1 Å². The van der Waals surface area contributed by atoms with Crippen LogP contribution < -0.4 is 10.5 Å². The van der Waals surface area contributed by atoms with Crippen LogP contribution in [0.15, 0.2) is 0 Å². The van der Waals surface area contributed by atoms with Crippen molar-refractivity contribution in [1.82, 2.24) is 9.03 Å². The van der Waals surface area contributed by atoms with Gasteiger partial charge in [-0.25, -0.2) is 0 Å². The first-order valence-corrected chi connectivity index (χ1v) is 7.40. The van der Waals surface area contributed by atoms with E-state index in [9.17, 15) is 8.42 Å². The quantitative estimate of drug-likeness (QED) is 0.728. The van der Waals surface area contributed by atoms with Gasteiger partial charge in [0, 0.05) is 25.2 Å². The molecule has 2 aliphatic rings. The van der Waals surface area contributed by atoms with Crippen molar-refractivity contribution in [3.05, 3.63) is 0 Å². The van der Waals surface area contributed by atoms with E-state index in [2.05, 4.69) is 4.72 Å². The first-order valence-electron chi connectivity index (χ1n) is 5.96. The van der Waals surface area contributed by atoms with Gasteiger partial charge in [0.25, 0.3) is 10.2 Å². The predicted octanol–water partition coefficient (Wildman–Crippen LogP) is 0.187. The van der Waals surface area contributed by atoms with Gasteiger partial charge >= 0.3 is 0 Å². The number of rotatable bonds is 5. The third kappa shape index (κ3) is 2.25. The average molecular weight is 247 g/mol. The molecule has 0 bridgehead atoms. The Bertz CT molecular complexity index is 345. The standard InChI is InChI=1S/C10H21N3O2S/c1-13(10(8-11)6-2-3-7-10)16(14,15)12-9-4-5-9/h9,12H,2-8,11H2,1H3. The second-order valence-electron chi connectivity index (χ2n) is 5.00. The molecular weight excluding hydrogens is 226 g/mol. The summed E-state index contributed by atoms with van der Waals surface area (Å²) in [7, 11) is -1.69. The zero-order chi connectivity index (χ0) is 11.8. The number of nitrogens with zero attached hydrogens (tertiary/aromatic N) is 1. The number of hydrogen-bond acceptors (Lipinski definition) is 3. The lowest BCUT2D eigenvalue weighted by Crippen LogP contribution is -2.56. The normalized spacial score (nSPS) is 25.2. The van der Waals surface area contributed by atoms with Crippen LogP contribution in [0.3, 0.4) is 0 Å². The maximum Gasteiger partial charge on any atom is 0.279 e. The average Bonchev–Trinajstić information content (AvgIpc) is 2.92. The Hall–Kier alpha value is -0.170. The second kappa shape index (κ2) is 4.25. The van der Waals surface area contributed by atoms with Crippen molar-refractivity contribution < 1.29 is 8.42 Å². The van der Waals surface area contributed by atoms with Crippen LogP contribution in [-0.2, 0) is 10.2 Å². The van der Waals surface area contributed by atoms with Gasteiger partial charge in [-0.1, -0.05) is 12.8 Å². The highest BCUT2D eigenvalue weighted by atomic mass is 32.2. The summed E-state index contributed by atoms with van der Waals surface area (Å²) >= 11 is 0. The van der Waals surface area contributed by atoms with Crippen molar-refractivity contribution in [2.75, 3.05) is 13.6 Å². The van der Waals surface area contributed by atoms with Gasteiger partial charge in [-0.05, 0) is 25.7 Å². The summed E-state index contributed by atoms with van der Waals surface area (Å²) in [5.41, 5.74) is 5.43. The summed E-state index contributed by atoms with van der Waals surface area (Å²) in [5.74, 6) is 0. The van der Waals surface area contributed by atoms with Crippen molar-refractivity contribution in [1.29, 1.82) is 0 Å². The Morgan fingerprint density at radius 2 is 1.94 bits per heavy atom. The van der Waals surface area contributed by atoms with Crippen LogP contribution >= 0.6 is 0 Å². The smallest absolute Gasteiger partial charge is 0.279 e. The molecule has 94 valence electrons. The first-order chi connectivity index (χ1) is 7.50. The highest BCUT2D eigenvalue weighted by molar-refractivity contribution is 7.87. The van der Waals surface area contributed by atoms with Gasteiger partial charge in [-0.15, -0.1) is 0 Å². The molecule has 0 atom stereocenters. The molecule has 0 aromatic rings. The summed E-state index contributed by atoms with van der Waals surface area (Å²) in [5, 5.41) is 0. The molecule has 6 heteroatoms. The molecule has 2 saturated carbocycles. The van der Waals surface area contributed by atoms with Gasteiger partial charge in [-0.3, -0.25) is 0 Å². The number of hydrogen-bond donors (Lipinski definition) is 2. The van der Waals surface area contributed by atoms with Crippen LogP contribution in [0, 0.1) is 0 Å². The molecule has 2 fully saturated rings. The molecule has 0 unspecified atom stereocenters. The fourth-order valence-electron chi connectivity index (χ4n) is 2.43. The zero-order valence-corrected chi connectivity index (χ0v) is 10.6. The van der Waals surface area contributed by atoms with Crippen LogP contribution in [0.1, 0.15) is 38.5 Å². The minimum atomic E-state index is -3.35. The maximum atomic E-state index is 12.1. The van der Waals surface area contributed by atoms with Crippen LogP contribution in [0.2, 0.25) is 0 Å². The van der Waals surface area contributed by atoms with Gasteiger partial charge < -0.3 is 5.73 Å². The summed E-state index contributed by atoms with van der Waals surface area (Å²) < 4.78 is 28.4. The molecule has 3 N–H and O–H groups in total. The summed E-state index contributed by atoms with van der Waals surface area (Å²) in [4.78, 5) is 0. The fourth-order valence-corrected chi connectivity index (χ4v) is 4.01. The largest absolute Gasteiger partial charge is 0.329 e. The Morgan fingerprint density at radius 3 is 2.38 bits per heavy atom. The van der Waals surface area contributed by atoms with Crippen molar-refractivity contribution in [2.24, 2.45) is 5.73 Å². The summed E-state index contributed by atoms with van der Waals surface area (Å²) in [6.07, 6.45) is 5.82. The van der Waals surface area contributed by atoms with E-state index in [1.807, 2.05) is 0 Å². The van der Waals surface area contributed by atoms with Crippen molar-refractivity contribution in [3.8, 4) is 0 Å². The lowest BCUT2D eigenvalue weighted by Gasteiger charge is -2.36. The first kappa shape index (κ1) is 12.3. The topological polar surface area (TPSA) is 75.4 Å². The molecule has 0 heterocycles. The van der Waals surface area contributed by atoms with E-state index >= 15 is 0 Å². The number of nitrogens with two attached hydrogens (primary N) is 1. The molecule has 5 nitrogen and oxygen atoms in total. The fraction of sp³-hybridized carbons (Fsp3) is 1.00. The highest BCUT2D eigenvalue weighted by Gasteiger charge is 2.43. The van der Waals surface area contributed by atoms with Crippen LogP contribution in [-0.4, -0.2) is 37.9 Å². The Kier molecular flexibility index (Phi) is 3.27. The highest BCUT2D eigenvalue weighted by Crippen LogP contribution is 2.35. The van der Waals surface area contributed by atoms with Gasteiger partial charge in [0.2, 0.25) is 0 Å². The molecule has 0 saturated heterocycles. The van der Waals surface area contributed by atoms with E-state index in [4.69, 9.17) is 5.73 Å². The second-order valence-corrected chi connectivity index (χ2v) is 6.73. The van der Waals surface area contributed by atoms with Gasteiger partial charge in [0.15, 0.2) is 0 Å². The summed E-state index contributed by atoms with van der Waals surface area (Å²) in [6, 6.07) is 0.156.